The Labute approximate surface area is 128 Å². The number of hydrogen-bond donors (Lipinski definition) is 2. The van der Waals surface area contributed by atoms with Gasteiger partial charge in [-0.15, -0.1) is 0 Å². The van der Waals surface area contributed by atoms with E-state index in [-0.39, 0.29) is 12.6 Å². The molecule has 0 heterocycles. The third kappa shape index (κ3) is 6.01. The maximum absolute atomic E-state index is 9.10. The first-order valence-corrected chi connectivity index (χ1v) is 7.47. The highest BCUT2D eigenvalue weighted by Crippen LogP contribution is 2.28. The Bertz CT molecular complexity index is 399. The van der Waals surface area contributed by atoms with Crippen molar-refractivity contribution in [2.24, 2.45) is 5.73 Å². The topological polar surface area (TPSA) is 62.0 Å². The monoisotopic (exact) mass is 295 g/mol. The van der Waals surface area contributed by atoms with Crippen LogP contribution in [0.3, 0.4) is 0 Å². The molecular formula is C16H29N3O2. The molecule has 0 saturated carbocycles. The van der Waals surface area contributed by atoms with Crippen molar-refractivity contribution in [2.75, 3.05) is 54.0 Å². The summed E-state index contributed by atoms with van der Waals surface area (Å²) < 4.78 is 5.93. The van der Waals surface area contributed by atoms with Crippen LogP contribution >= 0.6 is 0 Å². The summed E-state index contributed by atoms with van der Waals surface area (Å²) in [6.45, 7) is 2.91. The Kier molecular flexibility index (Phi) is 8.30. The number of aliphatic hydroxyl groups is 1. The minimum Gasteiger partial charge on any atom is -0.493 e. The molecule has 5 heteroatoms. The van der Waals surface area contributed by atoms with E-state index in [9.17, 15) is 0 Å². The second-order valence-electron chi connectivity index (χ2n) is 5.50. The zero-order chi connectivity index (χ0) is 15.7. The van der Waals surface area contributed by atoms with E-state index in [0.29, 0.717) is 19.7 Å². The second kappa shape index (κ2) is 9.73. The standard InChI is InChI=1S/C16H29N3O2/c1-18(2)9-6-12-21-16-8-5-4-7-14(16)15(13-17)19(3)10-11-20/h4-5,7-8,15,20H,6,9-13,17H2,1-3H3. The normalized spacial score (nSPS) is 12.9. The van der Waals surface area contributed by atoms with Gasteiger partial charge in [-0.25, -0.2) is 0 Å². The molecule has 0 fully saturated rings. The first kappa shape index (κ1) is 17.9. The quantitative estimate of drug-likeness (QED) is 0.629. The number of nitrogens with two attached hydrogens (primary N) is 1. The number of nitrogens with zero attached hydrogens (tertiary/aromatic N) is 2. The van der Waals surface area contributed by atoms with E-state index < -0.39 is 0 Å². The molecule has 1 aromatic carbocycles. The van der Waals surface area contributed by atoms with E-state index in [1.165, 1.54) is 0 Å². The maximum Gasteiger partial charge on any atom is 0.124 e. The number of ether oxygens (including phenoxy) is 1. The predicted molar refractivity (Wildman–Crippen MR) is 86.6 cm³/mol. The molecular weight excluding hydrogens is 266 g/mol. The lowest BCUT2D eigenvalue weighted by atomic mass is 10.0. The van der Waals surface area contributed by atoms with Gasteiger partial charge in [0.05, 0.1) is 19.3 Å². The number of benzene rings is 1. The highest BCUT2D eigenvalue weighted by atomic mass is 16.5. The summed E-state index contributed by atoms with van der Waals surface area (Å²) in [6.07, 6.45) is 0.987. The molecule has 1 rings (SSSR count). The van der Waals surface area contributed by atoms with Crippen molar-refractivity contribution in [3.63, 3.8) is 0 Å². The van der Waals surface area contributed by atoms with E-state index in [4.69, 9.17) is 15.6 Å². The van der Waals surface area contributed by atoms with Crippen LogP contribution in [0.15, 0.2) is 24.3 Å². The summed E-state index contributed by atoms with van der Waals surface area (Å²) in [5.74, 6) is 0.886. The summed E-state index contributed by atoms with van der Waals surface area (Å²) >= 11 is 0. The van der Waals surface area contributed by atoms with E-state index in [2.05, 4.69) is 23.9 Å². The number of likely N-dealkylation sites (N-methyl/N-ethyl adjacent to an activating group) is 1. The molecule has 0 aliphatic carbocycles. The summed E-state index contributed by atoms with van der Waals surface area (Å²) in [6, 6.07) is 8.07. The molecule has 3 N–H and O–H groups in total. The molecule has 1 unspecified atom stereocenters. The van der Waals surface area contributed by atoms with Crippen LogP contribution in [-0.2, 0) is 0 Å². The van der Waals surface area contributed by atoms with E-state index in [0.717, 1.165) is 24.3 Å². The molecule has 1 atom stereocenters. The summed E-state index contributed by atoms with van der Waals surface area (Å²) in [5, 5.41) is 9.10. The average Bonchev–Trinajstić information content (AvgIpc) is 2.46. The lowest BCUT2D eigenvalue weighted by molar-refractivity contribution is 0.179. The fourth-order valence-corrected chi connectivity index (χ4v) is 2.31. The van der Waals surface area contributed by atoms with Crippen LogP contribution in [0.4, 0.5) is 0 Å². The second-order valence-corrected chi connectivity index (χ2v) is 5.50. The van der Waals surface area contributed by atoms with Gasteiger partial charge in [-0.3, -0.25) is 4.90 Å². The molecule has 0 bridgehead atoms. The molecule has 0 saturated heterocycles. The zero-order valence-electron chi connectivity index (χ0n) is 13.5. The number of aliphatic hydroxyl groups excluding tert-OH is 1. The van der Waals surface area contributed by atoms with Crippen LogP contribution in [0.1, 0.15) is 18.0 Å². The van der Waals surface area contributed by atoms with Gasteiger partial charge in [-0.1, -0.05) is 18.2 Å². The SMILES string of the molecule is CN(C)CCCOc1ccccc1C(CN)N(C)CCO. The lowest BCUT2D eigenvalue weighted by Gasteiger charge is -2.28. The molecule has 120 valence electrons. The third-order valence-electron chi connectivity index (χ3n) is 3.49. The molecule has 5 nitrogen and oxygen atoms in total. The molecule has 0 aromatic heterocycles. The Morgan fingerprint density at radius 1 is 1.19 bits per heavy atom. The Morgan fingerprint density at radius 2 is 1.90 bits per heavy atom. The number of para-hydroxylation sites is 1. The Morgan fingerprint density at radius 3 is 2.52 bits per heavy atom. The van der Waals surface area contributed by atoms with Crippen LogP contribution in [0, 0.1) is 0 Å². The van der Waals surface area contributed by atoms with Crippen molar-refractivity contribution in [2.45, 2.75) is 12.5 Å². The van der Waals surface area contributed by atoms with Gasteiger partial charge in [0.15, 0.2) is 0 Å². The van der Waals surface area contributed by atoms with Crippen molar-refractivity contribution < 1.29 is 9.84 Å². The number of hydrogen-bond acceptors (Lipinski definition) is 5. The van der Waals surface area contributed by atoms with Gasteiger partial charge in [0, 0.05) is 25.2 Å². The smallest absolute Gasteiger partial charge is 0.124 e. The Balaban J connectivity index is 2.72. The van der Waals surface area contributed by atoms with Crippen LogP contribution in [-0.4, -0.2) is 68.9 Å². The van der Waals surface area contributed by atoms with Gasteiger partial charge in [0.2, 0.25) is 0 Å². The van der Waals surface area contributed by atoms with E-state index in [1.54, 1.807) is 0 Å². The largest absolute Gasteiger partial charge is 0.493 e. The van der Waals surface area contributed by atoms with Crippen molar-refractivity contribution in [1.29, 1.82) is 0 Å². The van der Waals surface area contributed by atoms with Crippen molar-refractivity contribution in [1.82, 2.24) is 9.80 Å². The Hall–Kier alpha value is -1.14. The first-order valence-electron chi connectivity index (χ1n) is 7.47. The predicted octanol–water partition coefficient (Wildman–Crippen LogP) is 0.941. The van der Waals surface area contributed by atoms with E-state index >= 15 is 0 Å². The highest BCUT2D eigenvalue weighted by molar-refractivity contribution is 5.36. The maximum atomic E-state index is 9.10. The van der Waals surface area contributed by atoms with Crippen LogP contribution < -0.4 is 10.5 Å². The van der Waals surface area contributed by atoms with Gasteiger partial charge in [-0.2, -0.15) is 0 Å². The van der Waals surface area contributed by atoms with Gasteiger partial charge >= 0.3 is 0 Å². The summed E-state index contributed by atoms with van der Waals surface area (Å²) in [4.78, 5) is 4.20. The molecule has 0 radical (unpaired) electrons. The minimum atomic E-state index is 0.0576. The molecule has 1 aromatic rings. The fraction of sp³-hybridized carbons (Fsp3) is 0.625. The van der Waals surface area contributed by atoms with Gasteiger partial charge in [0.25, 0.3) is 0 Å². The summed E-state index contributed by atoms with van der Waals surface area (Å²) in [7, 11) is 6.08. The molecule has 0 aliphatic heterocycles. The summed E-state index contributed by atoms with van der Waals surface area (Å²) in [5.41, 5.74) is 7.00. The number of rotatable bonds is 10. The molecule has 21 heavy (non-hydrogen) atoms. The van der Waals surface area contributed by atoms with E-state index in [1.807, 2.05) is 31.3 Å². The van der Waals surface area contributed by atoms with Crippen molar-refractivity contribution in [3.8, 4) is 5.75 Å². The van der Waals surface area contributed by atoms with Gasteiger partial charge in [0.1, 0.15) is 5.75 Å². The molecule has 0 amide bonds. The van der Waals surface area contributed by atoms with Crippen molar-refractivity contribution in [3.05, 3.63) is 29.8 Å². The van der Waals surface area contributed by atoms with Crippen molar-refractivity contribution >= 4 is 0 Å². The average molecular weight is 295 g/mol. The van der Waals surface area contributed by atoms with Crippen LogP contribution in [0.2, 0.25) is 0 Å². The van der Waals surface area contributed by atoms with Crippen LogP contribution in [0.25, 0.3) is 0 Å². The molecule has 0 aliphatic rings. The highest BCUT2D eigenvalue weighted by Gasteiger charge is 2.18. The first-order chi connectivity index (χ1) is 10.1. The van der Waals surface area contributed by atoms with Gasteiger partial charge < -0.3 is 20.5 Å². The lowest BCUT2D eigenvalue weighted by Crippen LogP contribution is -2.33. The fourth-order valence-electron chi connectivity index (χ4n) is 2.31. The molecule has 0 spiro atoms. The zero-order valence-corrected chi connectivity index (χ0v) is 13.5. The minimum absolute atomic E-state index is 0.0576. The van der Waals surface area contributed by atoms with Gasteiger partial charge in [-0.05, 0) is 33.6 Å². The van der Waals surface area contributed by atoms with Crippen LogP contribution in [0.5, 0.6) is 5.75 Å². The third-order valence-corrected chi connectivity index (χ3v) is 3.49.